The Morgan fingerprint density at radius 2 is 1.83 bits per heavy atom. The molecule has 1 aliphatic rings. The molecule has 2 N–H and O–H groups in total. The van der Waals surface area contributed by atoms with Crippen molar-refractivity contribution in [2.45, 2.75) is 19.3 Å². The number of hydrazine groups is 1. The molecule has 3 rings (SSSR count). The Labute approximate surface area is 140 Å². The SMILES string of the molecule is CCOc1ccc(C2CC2C(=O)NNC(=O)c2ccncc2)cc1. The number of ether oxygens (including phenoxy) is 1. The molecule has 2 unspecified atom stereocenters. The Hall–Kier alpha value is -2.89. The maximum absolute atomic E-state index is 12.1. The summed E-state index contributed by atoms with van der Waals surface area (Å²) in [6.45, 7) is 2.57. The van der Waals surface area contributed by atoms with E-state index in [1.807, 2.05) is 31.2 Å². The summed E-state index contributed by atoms with van der Waals surface area (Å²) in [7, 11) is 0. The second-order valence-corrected chi connectivity index (χ2v) is 5.63. The highest BCUT2D eigenvalue weighted by Crippen LogP contribution is 2.47. The van der Waals surface area contributed by atoms with Gasteiger partial charge in [0.1, 0.15) is 5.75 Å². The zero-order chi connectivity index (χ0) is 16.9. The van der Waals surface area contributed by atoms with Crippen molar-refractivity contribution in [1.29, 1.82) is 0 Å². The summed E-state index contributed by atoms with van der Waals surface area (Å²) in [5.74, 6) is 0.381. The van der Waals surface area contributed by atoms with Crippen molar-refractivity contribution >= 4 is 11.8 Å². The number of amides is 2. The number of hydrogen-bond donors (Lipinski definition) is 2. The fraction of sp³-hybridized carbons (Fsp3) is 0.278. The zero-order valence-electron chi connectivity index (χ0n) is 13.4. The van der Waals surface area contributed by atoms with Gasteiger partial charge in [-0.15, -0.1) is 0 Å². The average molecular weight is 325 g/mol. The molecule has 0 spiro atoms. The van der Waals surface area contributed by atoms with E-state index in [1.54, 1.807) is 12.1 Å². The number of hydrogen-bond acceptors (Lipinski definition) is 4. The topological polar surface area (TPSA) is 80.3 Å². The highest BCUT2D eigenvalue weighted by molar-refractivity contribution is 5.95. The molecule has 1 saturated carbocycles. The minimum atomic E-state index is -0.357. The fourth-order valence-corrected chi connectivity index (χ4v) is 2.62. The number of rotatable bonds is 5. The Bertz CT molecular complexity index is 716. The molecule has 6 heteroatoms. The Morgan fingerprint density at radius 3 is 2.50 bits per heavy atom. The van der Waals surface area contributed by atoms with Crippen LogP contribution < -0.4 is 15.6 Å². The van der Waals surface area contributed by atoms with Gasteiger partial charge < -0.3 is 4.74 Å². The molecule has 6 nitrogen and oxygen atoms in total. The predicted octanol–water partition coefficient (Wildman–Crippen LogP) is 2.04. The van der Waals surface area contributed by atoms with Gasteiger partial charge in [0, 0.05) is 23.9 Å². The molecule has 0 bridgehead atoms. The highest BCUT2D eigenvalue weighted by Gasteiger charge is 2.44. The van der Waals surface area contributed by atoms with Crippen molar-refractivity contribution in [2.24, 2.45) is 5.92 Å². The standard InChI is InChI=1S/C18H19N3O3/c1-2-24-14-5-3-12(4-6-14)15-11-16(15)18(23)21-20-17(22)13-7-9-19-10-8-13/h3-10,15-16H,2,11H2,1H3,(H,20,22)(H,21,23). The van der Waals surface area contributed by atoms with Gasteiger partial charge in [-0.25, -0.2) is 0 Å². The third kappa shape index (κ3) is 3.71. The monoisotopic (exact) mass is 325 g/mol. The maximum atomic E-state index is 12.1. The summed E-state index contributed by atoms with van der Waals surface area (Å²) >= 11 is 0. The molecule has 0 radical (unpaired) electrons. The molecule has 2 atom stereocenters. The lowest BCUT2D eigenvalue weighted by Crippen LogP contribution is -2.42. The third-order valence-corrected chi connectivity index (χ3v) is 3.99. The van der Waals surface area contributed by atoms with Crippen molar-refractivity contribution in [3.8, 4) is 5.75 Å². The number of pyridine rings is 1. The zero-order valence-corrected chi connectivity index (χ0v) is 13.4. The summed E-state index contributed by atoms with van der Waals surface area (Å²) in [6, 6.07) is 11.0. The summed E-state index contributed by atoms with van der Waals surface area (Å²) < 4.78 is 5.41. The summed E-state index contributed by atoms with van der Waals surface area (Å²) in [5.41, 5.74) is 6.48. The second-order valence-electron chi connectivity index (χ2n) is 5.63. The van der Waals surface area contributed by atoms with E-state index in [2.05, 4.69) is 15.8 Å². The second kappa shape index (κ2) is 7.12. The van der Waals surface area contributed by atoms with Gasteiger partial charge in [-0.05, 0) is 49.1 Å². The largest absolute Gasteiger partial charge is 0.494 e. The van der Waals surface area contributed by atoms with Gasteiger partial charge in [-0.3, -0.25) is 25.4 Å². The predicted molar refractivity (Wildman–Crippen MR) is 88.3 cm³/mol. The van der Waals surface area contributed by atoms with Gasteiger partial charge in [0.25, 0.3) is 5.91 Å². The average Bonchev–Trinajstić information content (AvgIpc) is 3.42. The van der Waals surface area contributed by atoms with E-state index in [9.17, 15) is 9.59 Å². The van der Waals surface area contributed by atoms with Gasteiger partial charge in [0.15, 0.2) is 0 Å². The van der Waals surface area contributed by atoms with Gasteiger partial charge >= 0.3 is 0 Å². The minimum Gasteiger partial charge on any atom is -0.494 e. The van der Waals surface area contributed by atoms with E-state index in [4.69, 9.17) is 4.74 Å². The van der Waals surface area contributed by atoms with Gasteiger partial charge in [-0.2, -0.15) is 0 Å². The quantitative estimate of drug-likeness (QED) is 0.825. The molecule has 124 valence electrons. The number of benzene rings is 1. The Balaban J connectivity index is 1.50. The number of carbonyl (C=O) groups is 2. The number of carbonyl (C=O) groups excluding carboxylic acids is 2. The number of nitrogens with zero attached hydrogens (tertiary/aromatic N) is 1. The van der Waals surface area contributed by atoms with Crippen LogP contribution in [0.2, 0.25) is 0 Å². The first kappa shape index (κ1) is 16.0. The summed E-state index contributed by atoms with van der Waals surface area (Å²) in [5, 5.41) is 0. The summed E-state index contributed by atoms with van der Waals surface area (Å²) in [6.07, 6.45) is 3.84. The molecule has 0 aliphatic heterocycles. The van der Waals surface area contributed by atoms with Crippen LogP contribution in [0.1, 0.15) is 35.2 Å². The molecule has 1 aromatic heterocycles. The van der Waals surface area contributed by atoms with Gasteiger partial charge in [-0.1, -0.05) is 12.1 Å². The minimum absolute atomic E-state index is 0.110. The smallest absolute Gasteiger partial charge is 0.269 e. The van der Waals surface area contributed by atoms with Crippen LogP contribution in [0, 0.1) is 5.92 Å². The van der Waals surface area contributed by atoms with Crippen LogP contribution in [0.5, 0.6) is 5.75 Å². The molecule has 1 aliphatic carbocycles. The van der Waals surface area contributed by atoms with Crippen LogP contribution >= 0.6 is 0 Å². The van der Waals surface area contributed by atoms with Crippen LogP contribution in [0.25, 0.3) is 0 Å². The van der Waals surface area contributed by atoms with Gasteiger partial charge in [0.05, 0.1) is 6.61 Å². The van der Waals surface area contributed by atoms with Crippen LogP contribution in [0.4, 0.5) is 0 Å². The lowest BCUT2D eigenvalue weighted by Gasteiger charge is -2.07. The van der Waals surface area contributed by atoms with E-state index < -0.39 is 0 Å². The van der Waals surface area contributed by atoms with E-state index in [0.717, 1.165) is 17.7 Å². The normalized spacial score (nSPS) is 18.5. The van der Waals surface area contributed by atoms with Crippen LogP contribution in [0.15, 0.2) is 48.8 Å². The van der Waals surface area contributed by atoms with Crippen molar-refractivity contribution in [1.82, 2.24) is 15.8 Å². The molecule has 1 heterocycles. The molecule has 0 saturated heterocycles. The summed E-state index contributed by atoms with van der Waals surface area (Å²) in [4.78, 5) is 27.9. The number of aromatic nitrogens is 1. The first-order chi connectivity index (χ1) is 11.7. The van der Waals surface area contributed by atoms with Gasteiger partial charge in [0.2, 0.25) is 5.91 Å². The van der Waals surface area contributed by atoms with E-state index >= 15 is 0 Å². The van der Waals surface area contributed by atoms with Crippen molar-refractivity contribution in [2.75, 3.05) is 6.61 Å². The first-order valence-corrected chi connectivity index (χ1v) is 7.92. The lowest BCUT2D eigenvalue weighted by atomic mass is 10.1. The molecular formula is C18H19N3O3. The molecule has 1 fully saturated rings. The lowest BCUT2D eigenvalue weighted by molar-refractivity contribution is -0.123. The van der Waals surface area contributed by atoms with Crippen molar-refractivity contribution < 1.29 is 14.3 Å². The van der Waals surface area contributed by atoms with E-state index in [1.165, 1.54) is 12.4 Å². The molecule has 1 aromatic carbocycles. The fourth-order valence-electron chi connectivity index (χ4n) is 2.62. The van der Waals surface area contributed by atoms with E-state index in [0.29, 0.717) is 12.2 Å². The highest BCUT2D eigenvalue weighted by atomic mass is 16.5. The molecule has 2 aromatic rings. The maximum Gasteiger partial charge on any atom is 0.269 e. The number of nitrogens with one attached hydrogen (secondary N) is 2. The van der Waals surface area contributed by atoms with Crippen LogP contribution in [-0.2, 0) is 4.79 Å². The molecule has 2 amide bonds. The van der Waals surface area contributed by atoms with Crippen molar-refractivity contribution in [3.63, 3.8) is 0 Å². The van der Waals surface area contributed by atoms with Crippen molar-refractivity contribution in [3.05, 3.63) is 59.9 Å². The van der Waals surface area contributed by atoms with Crippen LogP contribution in [-0.4, -0.2) is 23.4 Å². The molecular weight excluding hydrogens is 306 g/mol. The Morgan fingerprint density at radius 1 is 1.12 bits per heavy atom. The first-order valence-electron chi connectivity index (χ1n) is 7.92. The Kier molecular flexibility index (Phi) is 4.74. The van der Waals surface area contributed by atoms with Crippen LogP contribution in [0.3, 0.4) is 0 Å². The van der Waals surface area contributed by atoms with E-state index in [-0.39, 0.29) is 23.7 Å². The third-order valence-electron chi connectivity index (χ3n) is 3.99. The molecule has 24 heavy (non-hydrogen) atoms.